The molecule has 0 bridgehead atoms. The number of hydrogen-bond acceptors (Lipinski definition) is 3. The summed E-state index contributed by atoms with van der Waals surface area (Å²) in [5.41, 5.74) is 0.831. The van der Waals surface area contributed by atoms with Crippen LogP contribution in [0.5, 0.6) is 11.5 Å². The van der Waals surface area contributed by atoms with Crippen molar-refractivity contribution in [2.24, 2.45) is 0 Å². The largest absolute Gasteiger partial charge is 0.493 e. The molecule has 2 atom stereocenters. The lowest BCUT2D eigenvalue weighted by Gasteiger charge is -2.17. The van der Waals surface area contributed by atoms with Crippen molar-refractivity contribution in [1.29, 1.82) is 0 Å². The van der Waals surface area contributed by atoms with E-state index >= 15 is 0 Å². The van der Waals surface area contributed by atoms with Crippen molar-refractivity contribution in [3.63, 3.8) is 0 Å². The summed E-state index contributed by atoms with van der Waals surface area (Å²) in [6.45, 7) is 5.91. The standard InChI is InChI=1S/C14H22O3/c1-5-6-10(2)17-13-8-7-12(11(3)15)9-14(13)16-4/h7-11,15H,5-6H2,1-4H3/t10?,11-/m0/s1. The second-order valence-corrected chi connectivity index (χ2v) is 4.30. The summed E-state index contributed by atoms with van der Waals surface area (Å²) in [4.78, 5) is 0. The third-order valence-electron chi connectivity index (χ3n) is 2.69. The van der Waals surface area contributed by atoms with E-state index in [1.807, 2.05) is 25.1 Å². The number of aliphatic hydroxyl groups is 1. The van der Waals surface area contributed by atoms with Crippen LogP contribution in [0.2, 0.25) is 0 Å². The molecular weight excluding hydrogens is 216 g/mol. The summed E-state index contributed by atoms with van der Waals surface area (Å²) < 4.78 is 11.1. The maximum absolute atomic E-state index is 9.50. The van der Waals surface area contributed by atoms with E-state index in [9.17, 15) is 5.11 Å². The van der Waals surface area contributed by atoms with Gasteiger partial charge in [0.1, 0.15) is 0 Å². The molecule has 17 heavy (non-hydrogen) atoms. The first kappa shape index (κ1) is 13.8. The van der Waals surface area contributed by atoms with Gasteiger partial charge in [0.25, 0.3) is 0 Å². The molecule has 0 aliphatic carbocycles. The zero-order valence-electron chi connectivity index (χ0n) is 11.1. The average Bonchev–Trinajstić information content (AvgIpc) is 2.29. The van der Waals surface area contributed by atoms with Gasteiger partial charge in [-0.3, -0.25) is 0 Å². The van der Waals surface area contributed by atoms with Crippen molar-refractivity contribution in [2.75, 3.05) is 7.11 Å². The molecule has 0 aromatic heterocycles. The van der Waals surface area contributed by atoms with Crippen molar-refractivity contribution in [3.8, 4) is 11.5 Å². The Kier molecular flexibility index (Phi) is 5.29. The Hall–Kier alpha value is -1.22. The summed E-state index contributed by atoms with van der Waals surface area (Å²) in [5.74, 6) is 1.41. The zero-order valence-corrected chi connectivity index (χ0v) is 11.1. The third kappa shape index (κ3) is 3.93. The predicted octanol–water partition coefficient (Wildman–Crippen LogP) is 3.32. The summed E-state index contributed by atoms with van der Waals surface area (Å²) in [6, 6.07) is 5.53. The summed E-state index contributed by atoms with van der Waals surface area (Å²) >= 11 is 0. The Balaban J connectivity index is 2.85. The molecule has 1 unspecified atom stereocenters. The molecule has 96 valence electrons. The van der Waals surface area contributed by atoms with Crippen LogP contribution >= 0.6 is 0 Å². The number of ether oxygens (including phenoxy) is 2. The highest BCUT2D eigenvalue weighted by molar-refractivity contribution is 5.43. The number of hydrogen-bond donors (Lipinski definition) is 1. The van der Waals surface area contributed by atoms with E-state index in [0.717, 1.165) is 24.2 Å². The van der Waals surface area contributed by atoms with E-state index in [2.05, 4.69) is 6.92 Å². The van der Waals surface area contributed by atoms with Crippen LogP contribution in [0.4, 0.5) is 0 Å². The van der Waals surface area contributed by atoms with Gasteiger partial charge in [-0.15, -0.1) is 0 Å². The number of methoxy groups -OCH3 is 1. The molecule has 1 aromatic rings. The van der Waals surface area contributed by atoms with Crippen LogP contribution in [0.3, 0.4) is 0 Å². The summed E-state index contributed by atoms with van der Waals surface area (Å²) in [7, 11) is 1.61. The van der Waals surface area contributed by atoms with Gasteiger partial charge in [-0.1, -0.05) is 19.4 Å². The first-order valence-electron chi connectivity index (χ1n) is 6.11. The van der Waals surface area contributed by atoms with Gasteiger partial charge in [-0.25, -0.2) is 0 Å². The minimum Gasteiger partial charge on any atom is -0.493 e. The Morgan fingerprint density at radius 2 is 1.94 bits per heavy atom. The Labute approximate surface area is 103 Å². The van der Waals surface area contributed by atoms with E-state index in [-0.39, 0.29) is 6.10 Å². The van der Waals surface area contributed by atoms with Crippen molar-refractivity contribution in [2.45, 2.75) is 45.8 Å². The zero-order chi connectivity index (χ0) is 12.8. The van der Waals surface area contributed by atoms with Crippen LogP contribution in [0.25, 0.3) is 0 Å². The van der Waals surface area contributed by atoms with Gasteiger partial charge in [-0.2, -0.15) is 0 Å². The van der Waals surface area contributed by atoms with Crippen LogP contribution in [-0.4, -0.2) is 18.3 Å². The average molecular weight is 238 g/mol. The Morgan fingerprint density at radius 1 is 1.24 bits per heavy atom. The van der Waals surface area contributed by atoms with E-state index in [4.69, 9.17) is 9.47 Å². The minimum absolute atomic E-state index is 0.172. The SMILES string of the molecule is CCCC(C)Oc1ccc([C@H](C)O)cc1OC. The monoisotopic (exact) mass is 238 g/mol. The van der Waals surface area contributed by atoms with Crippen molar-refractivity contribution in [3.05, 3.63) is 23.8 Å². The van der Waals surface area contributed by atoms with E-state index < -0.39 is 6.10 Å². The molecule has 3 nitrogen and oxygen atoms in total. The molecule has 0 aliphatic rings. The molecule has 1 rings (SSSR count). The van der Waals surface area contributed by atoms with Crippen LogP contribution < -0.4 is 9.47 Å². The Morgan fingerprint density at radius 3 is 2.47 bits per heavy atom. The van der Waals surface area contributed by atoms with Crippen molar-refractivity contribution >= 4 is 0 Å². The molecule has 3 heteroatoms. The quantitative estimate of drug-likeness (QED) is 0.826. The van der Waals surface area contributed by atoms with Crippen molar-refractivity contribution < 1.29 is 14.6 Å². The molecule has 1 N–H and O–H groups in total. The molecular formula is C14H22O3. The number of rotatable bonds is 6. The van der Waals surface area contributed by atoms with Gasteiger partial charge in [0, 0.05) is 0 Å². The van der Waals surface area contributed by atoms with Crippen LogP contribution in [0.1, 0.15) is 45.3 Å². The van der Waals surface area contributed by atoms with E-state index in [0.29, 0.717) is 5.75 Å². The molecule has 0 heterocycles. The molecule has 0 radical (unpaired) electrons. The maximum atomic E-state index is 9.50. The topological polar surface area (TPSA) is 38.7 Å². The lowest BCUT2D eigenvalue weighted by atomic mass is 10.1. The van der Waals surface area contributed by atoms with Gasteiger partial charge in [0.15, 0.2) is 11.5 Å². The third-order valence-corrected chi connectivity index (χ3v) is 2.69. The van der Waals surface area contributed by atoms with E-state index in [1.165, 1.54) is 0 Å². The fourth-order valence-corrected chi connectivity index (χ4v) is 1.72. The van der Waals surface area contributed by atoms with Crippen molar-refractivity contribution in [1.82, 2.24) is 0 Å². The predicted molar refractivity (Wildman–Crippen MR) is 68.6 cm³/mol. The van der Waals surface area contributed by atoms with E-state index in [1.54, 1.807) is 14.0 Å². The van der Waals surface area contributed by atoms with Gasteiger partial charge in [0.2, 0.25) is 0 Å². The number of benzene rings is 1. The minimum atomic E-state index is -0.494. The second kappa shape index (κ2) is 6.50. The molecule has 0 saturated heterocycles. The molecule has 0 spiro atoms. The van der Waals surface area contributed by atoms with Gasteiger partial charge in [-0.05, 0) is 38.0 Å². The van der Waals surface area contributed by atoms with Crippen LogP contribution in [0.15, 0.2) is 18.2 Å². The molecule has 0 amide bonds. The van der Waals surface area contributed by atoms with Gasteiger partial charge < -0.3 is 14.6 Å². The van der Waals surface area contributed by atoms with Gasteiger partial charge in [0.05, 0.1) is 19.3 Å². The first-order valence-corrected chi connectivity index (χ1v) is 6.11. The van der Waals surface area contributed by atoms with Gasteiger partial charge >= 0.3 is 0 Å². The highest BCUT2D eigenvalue weighted by Crippen LogP contribution is 2.31. The molecule has 1 aromatic carbocycles. The fraction of sp³-hybridized carbons (Fsp3) is 0.571. The smallest absolute Gasteiger partial charge is 0.161 e. The molecule has 0 fully saturated rings. The fourth-order valence-electron chi connectivity index (χ4n) is 1.72. The molecule has 0 saturated carbocycles. The van der Waals surface area contributed by atoms with Crippen LogP contribution in [0, 0.1) is 0 Å². The Bertz CT molecular complexity index is 347. The van der Waals surface area contributed by atoms with Crippen LogP contribution in [-0.2, 0) is 0 Å². The highest BCUT2D eigenvalue weighted by atomic mass is 16.5. The number of aliphatic hydroxyl groups excluding tert-OH is 1. The lowest BCUT2D eigenvalue weighted by molar-refractivity contribution is 0.193. The first-order chi connectivity index (χ1) is 8.08. The summed E-state index contributed by atoms with van der Waals surface area (Å²) in [6.07, 6.45) is 1.79. The second-order valence-electron chi connectivity index (χ2n) is 4.30. The normalized spacial score (nSPS) is 14.2. The summed E-state index contributed by atoms with van der Waals surface area (Å²) in [5, 5.41) is 9.50. The molecule has 0 aliphatic heterocycles. The lowest BCUT2D eigenvalue weighted by Crippen LogP contribution is -2.11. The highest BCUT2D eigenvalue weighted by Gasteiger charge is 2.11. The maximum Gasteiger partial charge on any atom is 0.161 e.